The van der Waals surface area contributed by atoms with Crippen molar-refractivity contribution in [2.24, 2.45) is 0 Å². The van der Waals surface area contributed by atoms with Crippen LogP contribution in [-0.4, -0.2) is 13.4 Å². The molecule has 118 valence electrons. The fourth-order valence-corrected chi connectivity index (χ4v) is 4.03. The highest BCUT2D eigenvalue weighted by atomic mass is 32.2. The van der Waals surface area contributed by atoms with Crippen molar-refractivity contribution < 1.29 is 8.42 Å². The number of pyridine rings is 1. The molecule has 2 aromatic heterocycles. The summed E-state index contributed by atoms with van der Waals surface area (Å²) in [4.78, 5) is 5.31. The summed E-state index contributed by atoms with van der Waals surface area (Å²) < 4.78 is 26.9. The van der Waals surface area contributed by atoms with E-state index in [2.05, 4.69) is 9.71 Å². The molecule has 0 unspecified atom stereocenters. The van der Waals surface area contributed by atoms with Gasteiger partial charge in [-0.2, -0.15) is 0 Å². The molecule has 0 saturated heterocycles. The SMILES string of the molecule is O=S(=O)(Cc1ccccc1)NCc1cncc(-c2cccs2)c1. The molecule has 3 aromatic rings. The van der Waals surface area contributed by atoms with E-state index < -0.39 is 10.0 Å². The first kappa shape index (κ1) is 15.9. The van der Waals surface area contributed by atoms with E-state index in [1.807, 2.05) is 41.8 Å². The van der Waals surface area contributed by atoms with Gasteiger partial charge in [-0.25, -0.2) is 13.1 Å². The molecule has 0 aliphatic carbocycles. The summed E-state index contributed by atoms with van der Waals surface area (Å²) in [6.45, 7) is 0.237. The highest BCUT2D eigenvalue weighted by Gasteiger charge is 2.11. The molecule has 0 atom stereocenters. The van der Waals surface area contributed by atoms with Crippen LogP contribution in [0.4, 0.5) is 0 Å². The number of thiophene rings is 1. The number of hydrogen-bond donors (Lipinski definition) is 1. The van der Waals surface area contributed by atoms with Crippen molar-refractivity contribution in [2.45, 2.75) is 12.3 Å². The van der Waals surface area contributed by atoms with E-state index >= 15 is 0 Å². The molecule has 0 fully saturated rings. The molecule has 6 heteroatoms. The molecule has 0 aliphatic heterocycles. The third-order valence-electron chi connectivity index (χ3n) is 3.30. The number of rotatable bonds is 6. The minimum absolute atomic E-state index is 0.0219. The van der Waals surface area contributed by atoms with Gasteiger partial charge in [0, 0.05) is 29.4 Å². The van der Waals surface area contributed by atoms with Crippen LogP contribution in [0.25, 0.3) is 10.4 Å². The number of aromatic nitrogens is 1. The predicted octanol–water partition coefficient (Wildman–Crippen LogP) is 3.43. The van der Waals surface area contributed by atoms with Crippen LogP contribution in [0.1, 0.15) is 11.1 Å². The quantitative estimate of drug-likeness (QED) is 0.745. The van der Waals surface area contributed by atoms with Crippen molar-refractivity contribution in [1.29, 1.82) is 0 Å². The van der Waals surface area contributed by atoms with E-state index in [0.717, 1.165) is 21.6 Å². The van der Waals surface area contributed by atoms with E-state index in [1.54, 1.807) is 35.9 Å². The Morgan fingerprint density at radius 1 is 1.00 bits per heavy atom. The van der Waals surface area contributed by atoms with Gasteiger partial charge in [-0.3, -0.25) is 4.98 Å². The molecule has 1 N–H and O–H groups in total. The number of sulfonamides is 1. The first-order valence-electron chi connectivity index (χ1n) is 7.11. The Morgan fingerprint density at radius 3 is 2.57 bits per heavy atom. The Labute approximate surface area is 139 Å². The normalized spacial score (nSPS) is 11.5. The molecule has 0 amide bonds. The summed E-state index contributed by atoms with van der Waals surface area (Å²) in [5.74, 6) is -0.0219. The zero-order chi connectivity index (χ0) is 16.1. The second kappa shape index (κ2) is 7.04. The minimum atomic E-state index is -3.37. The minimum Gasteiger partial charge on any atom is -0.264 e. The van der Waals surface area contributed by atoms with Gasteiger partial charge in [-0.05, 0) is 28.6 Å². The average molecular weight is 344 g/mol. The first-order chi connectivity index (χ1) is 11.1. The van der Waals surface area contributed by atoms with Crippen molar-refractivity contribution in [3.05, 3.63) is 77.4 Å². The zero-order valence-electron chi connectivity index (χ0n) is 12.3. The van der Waals surface area contributed by atoms with Crippen LogP contribution in [0.2, 0.25) is 0 Å². The molecule has 4 nitrogen and oxygen atoms in total. The zero-order valence-corrected chi connectivity index (χ0v) is 14.0. The standard InChI is InChI=1S/C17H16N2O2S2/c20-23(21,13-14-5-2-1-3-6-14)19-11-15-9-16(12-18-10-15)17-7-4-8-22-17/h1-10,12,19H,11,13H2. The lowest BCUT2D eigenvalue weighted by atomic mass is 10.2. The smallest absolute Gasteiger partial charge is 0.216 e. The largest absolute Gasteiger partial charge is 0.264 e. The molecule has 0 bridgehead atoms. The lowest BCUT2D eigenvalue weighted by Gasteiger charge is -2.07. The van der Waals surface area contributed by atoms with Crippen molar-refractivity contribution in [3.63, 3.8) is 0 Å². The highest BCUT2D eigenvalue weighted by molar-refractivity contribution is 7.88. The van der Waals surface area contributed by atoms with Gasteiger partial charge in [0.05, 0.1) is 5.75 Å². The molecule has 0 aliphatic rings. The fraction of sp³-hybridized carbons (Fsp3) is 0.118. The van der Waals surface area contributed by atoms with E-state index in [1.165, 1.54) is 0 Å². The maximum absolute atomic E-state index is 12.2. The number of nitrogens with one attached hydrogen (secondary N) is 1. The maximum Gasteiger partial charge on any atom is 0.216 e. The monoisotopic (exact) mass is 344 g/mol. The van der Waals surface area contributed by atoms with Gasteiger partial charge < -0.3 is 0 Å². The Morgan fingerprint density at radius 2 is 1.83 bits per heavy atom. The topological polar surface area (TPSA) is 59.1 Å². The van der Waals surface area contributed by atoms with Crippen LogP contribution in [0.3, 0.4) is 0 Å². The van der Waals surface area contributed by atoms with E-state index in [0.29, 0.717) is 0 Å². The van der Waals surface area contributed by atoms with Gasteiger partial charge in [0.25, 0.3) is 0 Å². The highest BCUT2D eigenvalue weighted by Crippen LogP contribution is 2.24. The third kappa shape index (κ3) is 4.48. The Balaban J connectivity index is 1.67. The van der Waals surface area contributed by atoms with E-state index in [4.69, 9.17) is 0 Å². The average Bonchev–Trinajstić information content (AvgIpc) is 3.08. The summed E-state index contributed by atoms with van der Waals surface area (Å²) in [5, 5.41) is 2.00. The molecule has 3 rings (SSSR count). The Hall–Kier alpha value is -2.02. The number of benzene rings is 1. The van der Waals surface area contributed by atoms with Crippen LogP contribution >= 0.6 is 11.3 Å². The van der Waals surface area contributed by atoms with Crippen LogP contribution < -0.4 is 4.72 Å². The molecular formula is C17H16N2O2S2. The number of nitrogens with zero attached hydrogens (tertiary/aromatic N) is 1. The van der Waals surface area contributed by atoms with Crippen molar-refractivity contribution in [3.8, 4) is 10.4 Å². The van der Waals surface area contributed by atoms with Crippen molar-refractivity contribution in [1.82, 2.24) is 9.71 Å². The van der Waals surface area contributed by atoms with Crippen molar-refractivity contribution in [2.75, 3.05) is 0 Å². The van der Waals surface area contributed by atoms with Gasteiger partial charge in [0.1, 0.15) is 0 Å². The second-order valence-electron chi connectivity index (χ2n) is 5.12. The van der Waals surface area contributed by atoms with Gasteiger partial charge in [0.15, 0.2) is 0 Å². The number of hydrogen-bond acceptors (Lipinski definition) is 4. The fourth-order valence-electron chi connectivity index (χ4n) is 2.20. The Bertz CT molecular complexity index is 861. The molecule has 0 radical (unpaired) electrons. The van der Waals surface area contributed by atoms with Crippen LogP contribution in [0.5, 0.6) is 0 Å². The summed E-state index contributed by atoms with van der Waals surface area (Å²) in [6, 6.07) is 15.1. The lowest BCUT2D eigenvalue weighted by molar-refractivity contribution is 0.580. The van der Waals surface area contributed by atoms with Crippen molar-refractivity contribution >= 4 is 21.4 Å². The van der Waals surface area contributed by atoms with E-state index in [-0.39, 0.29) is 12.3 Å². The molecule has 0 saturated carbocycles. The summed E-state index contributed by atoms with van der Waals surface area (Å²) in [5.41, 5.74) is 2.61. The summed E-state index contributed by atoms with van der Waals surface area (Å²) in [7, 11) is -3.37. The summed E-state index contributed by atoms with van der Waals surface area (Å²) in [6.07, 6.45) is 3.47. The van der Waals surface area contributed by atoms with Crippen LogP contribution in [-0.2, 0) is 22.3 Å². The first-order valence-corrected chi connectivity index (χ1v) is 9.65. The molecule has 2 heterocycles. The van der Waals surface area contributed by atoms with Gasteiger partial charge in [-0.15, -0.1) is 11.3 Å². The summed E-state index contributed by atoms with van der Waals surface area (Å²) >= 11 is 1.63. The predicted molar refractivity (Wildman–Crippen MR) is 93.5 cm³/mol. The lowest BCUT2D eigenvalue weighted by Crippen LogP contribution is -2.24. The Kier molecular flexibility index (Phi) is 4.85. The third-order valence-corrected chi connectivity index (χ3v) is 5.51. The van der Waals surface area contributed by atoms with Gasteiger partial charge >= 0.3 is 0 Å². The van der Waals surface area contributed by atoms with Gasteiger partial charge in [0.2, 0.25) is 10.0 Å². The maximum atomic E-state index is 12.2. The van der Waals surface area contributed by atoms with Crippen LogP contribution in [0, 0.1) is 0 Å². The molecule has 1 aromatic carbocycles. The molecular weight excluding hydrogens is 328 g/mol. The second-order valence-corrected chi connectivity index (χ2v) is 7.88. The van der Waals surface area contributed by atoms with Gasteiger partial charge in [-0.1, -0.05) is 36.4 Å². The molecule has 0 spiro atoms. The van der Waals surface area contributed by atoms with Crippen LogP contribution in [0.15, 0.2) is 66.3 Å². The van der Waals surface area contributed by atoms with E-state index in [9.17, 15) is 8.42 Å². The molecule has 23 heavy (non-hydrogen) atoms.